The summed E-state index contributed by atoms with van der Waals surface area (Å²) in [5.41, 5.74) is 2.57. The smallest absolute Gasteiger partial charge is 0.123 e. The molecule has 0 amide bonds. The summed E-state index contributed by atoms with van der Waals surface area (Å²) in [5.74, 6) is 2.99. The van der Waals surface area contributed by atoms with Gasteiger partial charge < -0.3 is 9.15 Å². The van der Waals surface area contributed by atoms with Crippen LogP contribution in [-0.4, -0.2) is 6.61 Å². The zero-order valence-electron chi connectivity index (χ0n) is 12.1. The van der Waals surface area contributed by atoms with Crippen molar-refractivity contribution < 1.29 is 9.15 Å². The van der Waals surface area contributed by atoms with E-state index in [4.69, 9.17) is 9.15 Å². The lowest BCUT2D eigenvalue weighted by atomic mass is 9.86. The minimum Gasteiger partial charge on any atom is -0.492 e. The van der Waals surface area contributed by atoms with Crippen LogP contribution < -0.4 is 4.74 Å². The molecule has 1 unspecified atom stereocenters. The van der Waals surface area contributed by atoms with Gasteiger partial charge in [-0.05, 0) is 29.8 Å². The van der Waals surface area contributed by atoms with Crippen molar-refractivity contribution >= 4 is 15.9 Å². The molecule has 106 valence electrons. The summed E-state index contributed by atoms with van der Waals surface area (Å²) in [7, 11) is 0. The highest BCUT2D eigenvalue weighted by Crippen LogP contribution is 2.42. The zero-order chi connectivity index (χ0) is 14.3. The molecule has 0 fully saturated rings. The monoisotopic (exact) mass is 334 g/mol. The molecule has 1 aromatic carbocycles. The van der Waals surface area contributed by atoms with Crippen LogP contribution in [0.25, 0.3) is 0 Å². The summed E-state index contributed by atoms with van der Waals surface area (Å²) in [5, 5.41) is 0. The number of fused-ring (bicyclic) bond motifs is 1. The number of ether oxygens (including phenoxy) is 1. The fraction of sp³-hybridized carbons (Fsp3) is 0.412. The lowest BCUT2D eigenvalue weighted by molar-refractivity contribution is 0.291. The normalized spacial score (nSPS) is 17.6. The van der Waals surface area contributed by atoms with Crippen molar-refractivity contribution in [1.82, 2.24) is 0 Å². The summed E-state index contributed by atoms with van der Waals surface area (Å²) >= 11 is 3.75. The minimum atomic E-state index is 0.0792. The molecule has 3 heteroatoms. The van der Waals surface area contributed by atoms with Crippen LogP contribution >= 0.6 is 15.9 Å². The first kappa shape index (κ1) is 13.7. The predicted octanol–water partition coefficient (Wildman–Crippen LogP) is 5.00. The van der Waals surface area contributed by atoms with E-state index >= 15 is 0 Å². The van der Waals surface area contributed by atoms with Crippen molar-refractivity contribution in [2.75, 3.05) is 6.61 Å². The van der Waals surface area contributed by atoms with Crippen molar-refractivity contribution in [1.29, 1.82) is 0 Å². The number of aryl methyl sites for hydroxylation is 1. The highest BCUT2D eigenvalue weighted by molar-refractivity contribution is 9.09. The Morgan fingerprint density at radius 2 is 2.05 bits per heavy atom. The van der Waals surface area contributed by atoms with Crippen molar-refractivity contribution in [2.45, 2.75) is 37.4 Å². The molecule has 0 spiro atoms. The molecule has 0 aliphatic carbocycles. The standard InChI is InChI=1S/C17H19BrO2/c1-4-12-6-8-15(20-12)16(18)11-5-7-14-13(9-11)17(2,3)10-19-14/h5-9,16H,4,10H2,1-3H3. The molecule has 20 heavy (non-hydrogen) atoms. The Hall–Kier alpha value is -1.22. The van der Waals surface area contributed by atoms with E-state index in [0.29, 0.717) is 0 Å². The van der Waals surface area contributed by atoms with Crippen LogP contribution in [0.3, 0.4) is 0 Å². The number of rotatable bonds is 3. The molecule has 0 N–H and O–H groups in total. The topological polar surface area (TPSA) is 22.4 Å². The van der Waals surface area contributed by atoms with Crippen LogP contribution in [-0.2, 0) is 11.8 Å². The lowest BCUT2D eigenvalue weighted by Gasteiger charge is -2.17. The first-order chi connectivity index (χ1) is 9.51. The van der Waals surface area contributed by atoms with Crippen LogP contribution in [0, 0.1) is 0 Å². The van der Waals surface area contributed by atoms with Gasteiger partial charge in [-0.2, -0.15) is 0 Å². The second kappa shape index (κ2) is 4.96. The first-order valence-electron chi connectivity index (χ1n) is 7.01. The van der Waals surface area contributed by atoms with Gasteiger partial charge in [0.25, 0.3) is 0 Å². The molecule has 1 atom stereocenters. The zero-order valence-corrected chi connectivity index (χ0v) is 13.7. The van der Waals surface area contributed by atoms with Crippen LogP contribution in [0.15, 0.2) is 34.7 Å². The molecule has 2 nitrogen and oxygen atoms in total. The summed E-state index contributed by atoms with van der Waals surface area (Å²) in [4.78, 5) is 0.0875. The van der Waals surface area contributed by atoms with Gasteiger partial charge in [-0.15, -0.1) is 0 Å². The third-order valence-electron chi connectivity index (χ3n) is 3.89. The van der Waals surface area contributed by atoms with Gasteiger partial charge in [-0.25, -0.2) is 0 Å². The fourth-order valence-electron chi connectivity index (χ4n) is 2.58. The van der Waals surface area contributed by atoms with Crippen molar-refractivity contribution in [3.05, 3.63) is 53.0 Å². The third kappa shape index (κ3) is 2.28. The predicted molar refractivity (Wildman–Crippen MR) is 83.8 cm³/mol. The average molecular weight is 335 g/mol. The number of hydrogen-bond donors (Lipinski definition) is 0. The van der Waals surface area contributed by atoms with Crippen LogP contribution in [0.2, 0.25) is 0 Å². The molecule has 3 rings (SSSR count). The lowest BCUT2D eigenvalue weighted by Crippen LogP contribution is -2.18. The Balaban J connectivity index is 1.95. The molecule has 1 aliphatic heterocycles. The van der Waals surface area contributed by atoms with E-state index in [1.165, 1.54) is 11.1 Å². The minimum absolute atomic E-state index is 0.0792. The van der Waals surface area contributed by atoms with E-state index in [1.807, 2.05) is 12.1 Å². The van der Waals surface area contributed by atoms with E-state index in [1.54, 1.807) is 0 Å². The van der Waals surface area contributed by atoms with Crippen LogP contribution in [0.4, 0.5) is 0 Å². The highest BCUT2D eigenvalue weighted by atomic mass is 79.9. The van der Waals surface area contributed by atoms with E-state index in [2.05, 4.69) is 54.9 Å². The van der Waals surface area contributed by atoms with Gasteiger partial charge in [0.2, 0.25) is 0 Å². The molecule has 2 heterocycles. The van der Waals surface area contributed by atoms with E-state index in [-0.39, 0.29) is 10.2 Å². The maximum Gasteiger partial charge on any atom is 0.123 e. The molecule has 2 aromatic rings. The summed E-state index contributed by atoms with van der Waals surface area (Å²) in [6, 6.07) is 10.5. The molecular formula is C17H19BrO2. The van der Waals surface area contributed by atoms with Crippen LogP contribution in [0.1, 0.15) is 48.2 Å². The third-order valence-corrected chi connectivity index (χ3v) is 4.87. The Morgan fingerprint density at radius 3 is 2.75 bits per heavy atom. The fourth-order valence-corrected chi connectivity index (χ4v) is 3.11. The molecule has 0 saturated carbocycles. The molecule has 0 saturated heterocycles. The maximum absolute atomic E-state index is 5.84. The van der Waals surface area contributed by atoms with Gasteiger partial charge >= 0.3 is 0 Å². The van der Waals surface area contributed by atoms with Crippen molar-refractivity contribution in [3.63, 3.8) is 0 Å². The number of benzene rings is 1. The number of hydrogen-bond acceptors (Lipinski definition) is 2. The van der Waals surface area contributed by atoms with E-state index in [9.17, 15) is 0 Å². The second-order valence-electron chi connectivity index (χ2n) is 5.95. The number of halogens is 1. The van der Waals surface area contributed by atoms with Gasteiger partial charge in [-0.3, -0.25) is 0 Å². The SMILES string of the molecule is CCc1ccc(C(Br)c2ccc3c(c2)C(C)(C)CO3)o1. The van der Waals surface area contributed by atoms with Gasteiger partial charge in [0.15, 0.2) is 0 Å². The Morgan fingerprint density at radius 1 is 1.25 bits per heavy atom. The number of alkyl halides is 1. The quantitative estimate of drug-likeness (QED) is 0.737. The van der Waals surface area contributed by atoms with Crippen molar-refractivity contribution in [3.8, 4) is 5.75 Å². The van der Waals surface area contributed by atoms with Gasteiger partial charge in [0.1, 0.15) is 17.3 Å². The summed E-state index contributed by atoms with van der Waals surface area (Å²) in [6.45, 7) is 7.28. The Bertz CT molecular complexity index is 628. The number of furan rings is 1. The highest BCUT2D eigenvalue weighted by Gasteiger charge is 2.32. The summed E-state index contributed by atoms with van der Waals surface area (Å²) in [6.07, 6.45) is 0.921. The second-order valence-corrected chi connectivity index (χ2v) is 6.86. The van der Waals surface area contributed by atoms with Gasteiger partial charge in [0.05, 0.1) is 11.4 Å². The largest absolute Gasteiger partial charge is 0.492 e. The first-order valence-corrected chi connectivity index (χ1v) is 7.93. The maximum atomic E-state index is 5.84. The molecule has 0 bridgehead atoms. The molecule has 0 radical (unpaired) electrons. The Kier molecular flexibility index (Phi) is 3.41. The van der Waals surface area contributed by atoms with E-state index < -0.39 is 0 Å². The molecule has 1 aromatic heterocycles. The summed E-state index contributed by atoms with van der Waals surface area (Å²) < 4.78 is 11.6. The Labute approximate surface area is 128 Å². The molecule has 1 aliphatic rings. The van der Waals surface area contributed by atoms with E-state index in [0.717, 1.165) is 30.3 Å². The molecular weight excluding hydrogens is 316 g/mol. The van der Waals surface area contributed by atoms with Crippen molar-refractivity contribution in [2.24, 2.45) is 0 Å². The van der Waals surface area contributed by atoms with Gasteiger partial charge in [0, 0.05) is 17.4 Å². The van der Waals surface area contributed by atoms with Gasteiger partial charge in [-0.1, -0.05) is 42.8 Å². The van der Waals surface area contributed by atoms with Crippen LogP contribution in [0.5, 0.6) is 5.75 Å². The average Bonchev–Trinajstić information content (AvgIpc) is 3.03.